The van der Waals surface area contributed by atoms with Crippen LogP contribution >= 0.6 is 0 Å². The molecule has 5 atom stereocenters. The van der Waals surface area contributed by atoms with Gasteiger partial charge in [-0.3, -0.25) is 4.79 Å². The number of phenols is 6. The number of phenolic OH excluding ortho intramolecular Hbond substituents is 6. The van der Waals surface area contributed by atoms with Crippen LogP contribution in [0.1, 0.15) is 12.5 Å². The number of benzene rings is 3. The molecular formula is C30H26O14. The summed E-state index contributed by atoms with van der Waals surface area (Å²) in [6.45, 7) is 1.38. The zero-order chi connectivity index (χ0) is 31.9. The fraction of sp³-hybridized carbons (Fsp3) is 0.200. The molecule has 4 aromatic rings. The molecule has 1 aromatic heterocycles. The minimum atomic E-state index is -1.90. The van der Waals surface area contributed by atoms with Crippen LogP contribution in [0.3, 0.4) is 0 Å². The topological polar surface area (TPSA) is 237 Å². The molecule has 0 spiro atoms. The number of aliphatic hydroxyl groups excluding tert-OH is 2. The van der Waals surface area contributed by atoms with Crippen LogP contribution in [-0.4, -0.2) is 77.5 Å². The molecule has 0 unspecified atom stereocenters. The van der Waals surface area contributed by atoms with Gasteiger partial charge in [0.25, 0.3) is 0 Å². The maximum absolute atomic E-state index is 13.6. The number of ether oxygens (including phenoxy) is 3. The van der Waals surface area contributed by atoms with E-state index in [0.717, 1.165) is 30.3 Å². The van der Waals surface area contributed by atoms with Gasteiger partial charge in [0.1, 0.15) is 34.3 Å². The van der Waals surface area contributed by atoms with Gasteiger partial charge in [0.05, 0.1) is 6.10 Å². The van der Waals surface area contributed by atoms with Crippen molar-refractivity contribution >= 4 is 23.0 Å². The molecule has 1 aliphatic heterocycles. The van der Waals surface area contributed by atoms with Crippen molar-refractivity contribution in [3.05, 3.63) is 70.4 Å². The lowest BCUT2D eigenvalue weighted by molar-refractivity contribution is -0.271. The van der Waals surface area contributed by atoms with E-state index in [4.69, 9.17) is 18.6 Å². The number of carbonyl (C=O) groups is 1. The fourth-order valence-electron chi connectivity index (χ4n) is 4.57. The molecule has 0 bridgehead atoms. The van der Waals surface area contributed by atoms with E-state index in [-0.39, 0.29) is 16.9 Å². The lowest BCUT2D eigenvalue weighted by atomic mass is 9.99. The summed E-state index contributed by atoms with van der Waals surface area (Å²) < 4.78 is 22.3. The highest BCUT2D eigenvalue weighted by molar-refractivity contribution is 5.89. The van der Waals surface area contributed by atoms with Crippen LogP contribution in [0.25, 0.3) is 28.4 Å². The third-order valence-electron chi connectivity index (χ3n) is 6.82. The molecule has 1 fully saturated rings. The van der Waals surface area contributed by atoms with Crippen molar-refractivity contribution in [3.8, 4) is 51.6 Å². The van der Waals surface area contributed by atoms with Gasteiger partial charge in [-0.1, -0.05) is 12.1 Å². The van der Waals surface area contributed by atoms with E-state index in [9.17, 15) is 50.4 Å². The van der Waals surface area contributed by atoms with E-state index in [0.29, 0.717) is 5.56 Å². The van der Waals surface area contributed by atoms with E-state index < -0.39 is 87.7 Å². The van der Waals surface area contributed by atoms with Gasteiger partial charge in [-0.15, -0.1) is 0 Å². The summed E-state index contributed by atoms with van der Waals surface area (Å²) in [4.78, 5) is 26.2. The number of hydrogen-bond acceptors (Lipinski definition) is 14. The Morgan fingerprint density at radius 3 is 2.18 bits per heavy atom. The molecule has 14 nitrogen and oxygen atoms in total. The van der Waals surface area contributed by atoms with Crippen molar-refractivity contribution in [2.75, 3.05) is 0 Å². The van der Waals surface area contributed by atoms with Crippen molar-refractivity contribution in [3.63, 3.8) is 0 Å². The third-order valence-corrected chi connectivity index (χ3v) is 6.82. The van der Waals surface area contributed by atoms with Crippen molar-refractivity contribution in [2.45, 2.75) is 37.6 Å². The SMILES string of the molecule is C[C@@H]1O[C@@H](Oc2c(-c3cc(O)c(O)c(O)c3)oc3cc(O)cc(O)c3c2=O)[C@H](O)[C@H](OC(=O)C=Cc2ccc(O)cc2)[C@H]1O. The van der Waals surface area contributed by atoms with Gasteiger partial charge in [-0.25, -0.2) is 4.79 Å². The summed E-state index contributed by atoms with van der Waals surface area (Å²) in [6.07, 6.45) is -5.57. The van der Waals surface area contributed by atoms with E-state index in [2.05, 4.69) is 0 Å². The Bertz CT molecular complexity index is 1790. The number of hydrogen-bond donors (Lipinski definition) is 8. The van der Waals surface area contributed by atoms with Gasteiger partial charge >= 0.3 is 5.97 Å². The maximum atomic E-state index is 13.6. The number of esters is 1. The Kier molecular flexibility index (Phi) is 7.97. The first-order chi connectivity index (χ1) is 20.8. The molecule has 230 valence electrons. The van der Waals surface area contributed by atoms with Crippen molar-refractivity contribution < 1.29 is 64.3 Å². The van der Waals surface area contributed by atoms with Gasteiger partial charge in [0.15, 0.2) is 35.2 Å². The standard InChI is InChI=1S/C30H26O14/c1-12-23(37)28(43-21(36)7-4-13-2-5-15(31)6-3-13)26(40)30(41-12)44-29-25(39)22-17(33)10-16(32)11-20(22)42-27(29)14-8-18(34)24(38)19(35)9-14/h2-12,23,26,28,30-35,37-38,40H,1H3/t12-,23-,26+,28+,30-/m0/s1. The second-order valence-electron chi connectivity index (χ2n) is 9.93. The second kappa shape index (κ2) is 11.7. The zero-order valence-corrected chi connectivity index (χ0v) is 22.7. The molecule has 3 aromatic carbocycles. The highest BCUT2D eigenvalue weighted by atomic mass is 16.7. The third kappa shape index (κ3) is 5.76. The Hall–Kier alpha value is -5.44. The number of carbonyl (C=O) groups excluding carboxylic acids is 1. The Morgan fingerprint density at radius 2 is 1.52 bits per heavy atom. The van der Waals surface area contributed by atoms with Crippen LogP contribution in [0.2, 0.25) is 0 Å². The first kappa shape index (κ1) is 30.0. The number of rotatable bonds is 6. The van der Waals surface area contributed by atoms with Crippen LogP contribution in [0.15, 0.2) is 63.8 Å². The Labute approximate surface area is 247 Å². The summed E-state index contributed by atoms with van der Waals surface area (Å²) in [6, 6.07) is 9.59. The van der Waals surface area contributed by atoms with Gasteiger partial charge in [0, 0.05) is 23.8 Å². The molecule has 0 saturated carbocycles. The van der Waals surface area contributed by atoms with Crippen molar-refractivity contribution in [2.24, 2.45) is 0 Å². The van der Waals surface area contributed by atoms with E-state index >= 15 is 0 Å². The minimum Gasteiger partial charge on any atom is -0.508 e. The molecule has 14 heteroatoms. The fourth-order valence-corrected chi connectivity index (χ4v) is 4.57. The van der Waals surface area contributed by atoms with Crippen molar-refractivity contribution in [1.29, 1.82) is 0 Å². The molecule has 1 aliphatic rings. The molecule has 0 aliphatic carbocycles. The molecule has 0 radical (unpaired) electrons. The van der Waals surface area contributed by atoms with E-state index in [1.807, 2.05) is 0 Å². The summed E-state index contributed by atoms with van der Waals surface area (Å²) in [5.41, 5.74) is -1.04. The highest BCUT2D eigenvalue weighted by Gasteiger charge is 2.47. The van der Waals surface area contributed by atoms with Gasteiger partial charge in [-0.05, 0) is 42.8 Å². The Morgan fingerprint density at radius 1 is 0.864 bits per heavy atom. The Balaban J connectivity index is 1.51. The van der Waals surface area contributed by atoms with Crippen LogP contribution < -0.4 is 10.2 Å². The molecule has 5 rings (SSSR count). The van der Waals surface area contributed by atoms with Gasteiger partial charge < -0.3 is 59.5 Å². The predicted molar refractivity (Wildman–Crippen MR) is 150 cm³/mol. The number of aromatic hydroxyl groups is 6. The summed E-state index contributed by atoms with van der Waals surface area (Å²) >= 11 is 0. The predicted octanol–water partition coefficient (Wildman–Crippen LogP) is 2.16. The molecule has 1 saturated heterocycles. The van der Waals surface area contributed by atoms with Crippen LogP contribution in [0.4, 0.5) is 0 Å². The van der Waals surface area contributed by atoms with Crippen LogP contribution in [0, 0.1) is 0 Å². The van der Waals surface area contributed by atoms with E-state index in [1.54, 1.807) is 0 Å². The average Bonchev–Trinajstić information content (AvgIpc) is 2.97. The minimum absolute atomic E-state index is 0.0224. The van der Waals surface area contributed by atoms with E-state index in [1.165, 1.54) is 37.3 Å². The number of aliphatic hydroxyl groups is 2. The molecule has 44 heavy (non-hydrogen) atoms. The second-order valence-corrected chi connectivity index (χ2v) is 9.93. The van der Waals surface area contributed by atoms with Crippen LogP contribution in [0.5, 0.6) is 40.2 Å². The molecule has 0 amide bonds. The normalized spacial score (nSPS) is 21.8. The average molecular weight is 611 g/mol. The lowest BCUT2D eigenvalue weighted by Gasteiger charge is -2.40. The smallest absolute Gasteiger partial charge is 0.331 e. The van der Waals surface area contributed by atoms with Gasteiger partial charge in [-0.2, -0.15) is 0 Å². The molecular weight excluding hydrogens is 584 g/mol. The first-order valence-electron chi connectivity index (χ1n) is 13.0. The molecule has 2 heterocycles. The zero-order valence-electron chi connectivity index (χ0n) is 22.7. The highest BCUT2D eigenvalue weighted by Crippen LogP contribution is 2.43. The number of fused-ring (bicyclic) bond motifs is 1. The summed E-state index contributed by atoms with van der Waals surface area (Å²) in [7, 11) is 0. The maximum Gasteiger partial charge on any atom is 0.331 e. The first-order valence-corrected chi connectivity index (χ1v) is 13.0. The lowest BCUT2D eigenvalue weighted by Crippen LogP contribution is -2.59. The summed E-state index contributed by atoms with van der Waals surface area (Å²) in [5.74, 6) is -5.77. The van der Waals surface area contributed by atoms with Crippen molar-refractivity contribution in [1.82, 2.24) is 0 Å². The summed E-state index contributed by atoms with van der Waals surface area (Å²) in [5, 5.41) is 80.9. The largest absolute Gasteiger partial charge is 0.508 e. The van der Waals surface area contributed by atoms with Crippen LogP contribution in [-0.2, 0) is 14.3 Å². The molecule has 8 N–H and O–H groups in total. The van der Waals surface area contributed by atoms with Gasteiger partial charge in [0.2, 0.25) is 17.5 Å². The monoisotopic (exact) mass is 610 g/mol. The quantitative estimate of drug-likeness (QED) is 0.0887.